The molecule has 0 amide bonds. The molecule has 2 aromatic heterocycles. The standard InChI is InChI=1S/C20H20Cl2N2OS3/c1-4-20(2)8-11-15(9-25-20)28-18-16(11)17(23-19(24-18)26-3)27-10-12-13(21)6-5-7-14(12)22/h5-7H,4,8-10H2,1-3H3/t20-/m0/s1. The van der Waals surface area contributed by atoms with Crippen LogP contribution in [0.5, 0.6) is 0 Å². The molecule has 0 aliphatic carbocycles. The van der Waals surface area contributed by atoms with Gasteiger partial charge in [-0.1, -0.05) is 48.0 Å². The zero-order valence-electron chi connectivity index (χ0n) is 15.8. The van der Waals surface area contributed by atoms with Gasteiger partial charge in [-0.3, -0.25) is 0 Å². The van der Waals surface area contributed by atoms with Crippen molar-refractivity contribution in [2.45, 2.75) is 54.8 Å². The first-order chi connectivity index (χ1) is 13.4. The molecule has 28 heavy (non-hydrogen) atoms. The van der Waals surface area contributed by atoms with Crippen LogP contribution < -0.4 is 0 Å². The molecule has 3 aromatic rings. The molecule has 8 heteroatoms. The Morgan fingerprint density at radius 2 is 2.00 bits per heavy atom. The maximum Gasteiger partial charge on any atom is 0.189 e. The fraction of sp³-hybridized carbons (Fsp3) is 0.400. The van der Waals surface area contributed by atoms with E-state index in [0.29, 0.717) is 22.4 Å². The molecule has 0 spiro atoms. The summed E-state index contributed by atoms with van der Waals surface area (Å²) in [6, 6.07) is 5.62. The highest BCUT2D eigenvalue weighted by Crippen LogP contribution is 2.44. The zero-order chi connectivity index (χ0) is 19.9. The second-order valence-electron chi connectivity index (χ2n) is 6.96. The normalized spacial score (nSPS) is 19.2. The minimum absolute atomic E-state index is 0.132. The lowest BCUT2D eigenvalue weighted by Crippen LogP contribution is -2.33. The summed E-state index contributed by atoms with van der Waals surface area (Å²) in [4.78, 5) is 11.9. The van der Waals surface area contributed by atoms with Gasteiger partial charge in [0.25, 0.3) is 0 Å². The number of benzene rings is 1. The highest BCUT2D eigenvalue weighted by molar-refractivity contribution is 7.99. The van der Waals surface area contributed by atoms with Gasteiger partial charge >= 0.3 is 0 Å². The third-order valence-corrected chi connectivity index (χ3v) is 8.49. The number of hydrogen-bond acceptors (Lipinski definition) is 6. The summed E-state index contributed by atoms with van der Waals surface area (Å²) in [5.41, 5.74) is 2.16. The van der Waals surface area contributed by atoms with Crippen molar-refractivity contribution in [2.24, 2.45) is 0 Å². The van der Waals surface area contributed by atoms with Crippen molar-refractivity contribution in [3.8, 4) is 0 Å². The number of thioether (sulfide) groups is 2. The minimum atomic E-state index is -0.132. The highest BCUT2D eigenvalue weighted by Gasteiger charge is 2.33. The van der Waals surface area contributed by atoms with Crippen LogP contribution >= 0.6 is 58.1 Å². The topological polar surface area (TPSA) is 35.0 Å². The summed E-state index contributed by atoms with van der Waals surface area (Å²) < 4.78 is 6.14. The molecule has 0 N–H and O–H groups in total. The van der Waals surface area contributed by atoms with Gasteiger partial charge in [0.05, 0.1) is 12.2 Å². The van der Waals surface area contributed by atoms with Crippen molar-refractivity contribution in [3.05, 3.63) is 44.2 Å². The van der Waals surface area contributed by atoms with Crippen LogP contribution in [0.2, 0.25) is 10.0 Å². The first kappa shape index (κ1) is 20.8. The Balaban J connectivity index is 1.77. The summed E-state index contributed by atoms with van der Waals surface area (Å²) in [5, 5.41) is 4.35. The molecule has 0 saturated carbocycles. The number of hydrogen-bond donors (Lipinski definition) is 0. The van der Waals surface area contributed by atoms with Gasteiger partial charge in [0.2, 0.25) is 0 Å². The Labute approximate surface area is 187 Å². The Bertz CT molecular complexity index is 1020. The number of rotatable bonds is 5. The molecule has 1 atom stereocenters. The molecule has 1 aliphatic rings. The number of thiophene rings is 1. The van der Waals surface area contributed by atoms with Crippen molar-refractivity contribution in [3.63, 3.8) is 0 Å². The maximum atomic E-state index is 6.37. The van der Waals surface area contributed by atoms with Crippen LogP contribution in [0.25, 0.3) is 10.2 Å². The zero-order valence-corrected chi connectivity index (χ0v) is 19.8. The van der Waals surface area contributed by atoms with Gasteiger partial charge in [0.1, 0.15) is 9.86 Å². The van der Waals surface area contributed by atoms with Crippen molar-refractivity contribution < 1.29 is 4.74 Å². The first-order valence-electron chi connectivity index (χ1n) is 9.00. The van der Waals surface area contributed by atoms with E-state index in [1.807, 2.05) is 24.5 Å². The van der Waals surface area contributed by atoms with Gasteiger partial charge in [-0.2, -0.15) is 0 Å². The Morgan fingerprint density at radius 1 is 1.25 bits per heavy atom. The number of halogens is 2. The summed E-state index contributed by atoms with van der Waals surface area (Å²) >= 11 is 17.7. The van der Waals surface area contributed by atoms with Gasteiger partial charge in [-0.25, -0.2) is 9.97 Å². The molecule has 3 heterocycles. The lowest BCUT2D eigenvalue weighted by atomic mass is 9.90. The van der Waals surface area contributed by atoms with Crippen LogP contribution in [0.1, 0.15) is 36.3 Å². The number of ether oxygens (including phenoxy) is 1. The highest BCUT2D eigenvalue weighted by atomic mass is 35.5. The van der Waals surface area contributed by atoms with E-state index in [2.05, 4.69) is 13.8 Å². The molecular formula is C20H20Cl2N2OS3. The predicted molar refractivity (Wildman–Crippen MR) is 122 cm³/mol. The molecule has 0 saturated heterocycles. The third kappa shape index (κ3) is 3.92. The van der Waals surface area contributed by atoms with E-state index < -0.39 is 0 Å². The van der Waals surface area contributed by atoms with Crippen LogP contribution in [0.4, 0.5) is 0 Å². The maximum absolute atomic E-state index is 6.37. The SMILES string of the molecule is CC[C@@]1(C)Cc2c(sc3nc(SC)nc(SCc4c(Cl)cccc4Cl)c23)CO1. The van der Waals surface area contributed by atoms with Gasteiger partial charge in [0.15, 0.2) is 5.16 Å². The molecule has 4 rings (SSSR count). The molecule has 1 aliphatic heterocycles. The predicted octanol–water partition coefficient (Wildman–Crippen LogP) is 7.25. The minimum Gasteiger partial charge on any atom is -0.369 e. The Morgan fingerprint density at radius 3 is 2.68 bits per heavy atom. The van der Waals surface area contributed by atoms with Crippen molar-refractivity contribution in [1.29, 1.82) is 0 Å². The van der Waals surface area contributed by atoms with Crippen molar-refractivity contribution in [1.82, 2.24) is 9.97 Å². The van der Waals surface area contributed by atoms with Gasteiger partial charge < -0.3 is 4.74 Å². The molecular weight excluding hydrogens is 451 g/mol. The van der Waals surface area contributed by atoms with E-state index in [4.69, 9.17) is 37.9 Å². The largest absolute Gasteiger partial charge is 0.369 e. The average molecular weight is 472 g/mol. The lowest BCUT2D eigenvalue weighted by molar-refractivity contribution is -0.0543. The molecule has 0 bridgehead atoms. The molecule has 1 aromatic carbocycles. The summed E-state index contributed by atoms with van der Waals surface area (Å²) in [5.74, 6) is 0.671. The van der Waals surface area contributed by atoms with E-state index in [-0.39, 0.29) is 5.60 Å². The number of fused-ring (bicyclic) bond motifs is 3. The van der Waals surface area contributed by atoms with Gasteiger partial charge in [-0.15, -0.1) is 23.1 Å². The summed E-state index contributed by atoms with van der Waals surface area (Å²) in [6.07, 6.45) is 3.87. The van der Waals surface area contributed by atoms with Crippen LogP contribution in [0.3, 0.4) is 0 Å². The van der Waals surface area contributed by atoms with Gasteiger partial charge in [0, 0.05) is 32.5 Å². The Kier molecular flexibility index (Phi) is 6.17. The number of aromatic nitrogens is 2. The van der Waals surface area contributed by atoms with Crippen LogP contribution in [-0.2, 0) is 23.5 Å². The van der Waals surface area contributed by atoms with E-state index in [9.17, 15) is 0 Å². The van der Waals surface area contributed by atoms with E-state index in [1.165, 1.54) is 15.8 Å². The smallest absolute Gasteiger partial charge is 0.189 e. The van der Waals surface area contributed by atoms with Crippen molar-refractivity contribution >= 4 is 68.3 Å². The molecule has 0 fully saturated rings. The average Bonchev–Trinajstić information content (AvgIpc) is 3.04. The van der Waals surface area contributed by atoms with Gasteiger partial charge in [-0.05, 0) is 42.9 Å². The molecule has 3 nitrogen and oxygen atoms in total. The second kappa shape index (κ2) is 8.32. The van der Waals surface area contributed by atoms with Crippen LogP contribution in [-0.4, -0.2) is 21.8 Å². The second-order valence-corrected chi connectivity index (χ2v) is 10.6. The van der Waals surface area contributed by atoms with Crippen LogP contribution in [0.15, 0.2) is 28.4 Å². The fourth-order valence-electron chi connectivity index (χ4n) is 3.25. The van der Waals surface area contributed by atoms with E-state index in [0.717, 1.165) is 33.4 Å². The summed E-state index contributed by atoms with van der Waals surface area (Å²) in [7, 11) is 0. The first-order valence-corrected chi connectivity index (χ1v) is 12.8. The number of nitrogens with zero attached hydrogens (tertiary/aromatic N) is 2. The van der Waals surface area contributed by atoms with Crippen LogP contribution in [0, 0.1) is 0 Å². The molecule has 148 valence electrons. The Hall–Kier alpha value is -0.500. The third-order valence-electron chi connectivity index (χ3n) is 5.13. The quantitative estimate of drug-likeness (QED) is 0.222. The lowest BCUT2D eigenvalue weighted by Gasteiger charge is -2.33. The molecule has 0 radical (unpaired) electrons. The van der Waals surface area contributed by atoms with E-state index in [1.54, 1.807) is 34.9 Å². The van der Waals surface area contributed by atoms with Crippen molar-refractivity contribution in [2.75, 3.05) is 6.26 Å². The monoisotopic (exact) mass is 470 g/mol. The van der Waals surface area contributed by atoms with E-state index >= 15 is 0 Å². The summed E-state index contributed by atoms with van der Waals surface area (Å²) in [6.45, 7) is 5.01. The fourth-order valence-corrected chi connectivity index (χ4v) is 6.70. The molecule has 0 unspecified atom stereocenters.